The van der Waals surface area contributed by atoms with E-state index in [1.54, 1.807) is 0 Å². The van der Waals surface area contributed by atoms with E-state index in [1.165, 1.54) is 37.7 Å². The fourth-order valence-corrected chi connectivity index (χ4v) is 3.43. The van der Waals surface area contributed by atoms with Crippen molar-refractivity contribution in [3.05, 3.63) is 29.3 Å². The van der Waals surface area contributed by atoms with Crippen molar-refractivity contribution in [3.63, 3.8) is 0 Å². The molecule has 1 aromatic carbocycles. The summed E-state index contributed by atoms with van der Waals surface area (Å²) in [6.07, 6.45) is 6.31. The second-order valence-electron chi connectivity index (χ2n) is 6.39. The van der Waals surface area contributed by atoms with Gasteiger partial charge in [-0.1, -0.05) is 25.3 Å². The Labute approximate surface area is 121 Å². The molecular formula is C17H25NO2. The monoisotopic (exact) mass is 275 g/mol. The third kappa shape index (κ3) is 3.15. The van der Waals surface area contributed by atoms with Gasteiger partial charge >= 0.3 is 0 Å². The van der Waals surface area contributed by atoms with Crippen LogP contribution in [-0.4, -0.2) is 30.2 Å². The van der Waals surface area contributed by atoms with Gasteiger partial charge in [-0.05, 0) is 49.1 Å². The molecule has 0 amide bonds. The molecule has 0 bridgehead atoms. The van der Waals surface area contributed by atoms with Crippen molar-refractivity contribution >= 4 is 0 Å². The predicted octanol–water partition coefficient (Wildman–Crippen LogP) is 3.12. The van der Waals surface area contributed by atoms with Crippen LogP contribution in [0, 0.1) is 5.92 Å². The van der Waals surface area contributed by atoms with Gasteiger partial charge in [0.1, 0.15) is 5.75 Å². The van der Waals surface area contributed by atoms with Gasteiger partial charge in [-0.2, -0.15) is 0 Å². The Morgan fingerprint density at radius 3 is 2.85 bits per heavy atom. The zero-order valence-corrected chi connectivity index (χ0v) is 12.3. The number of β-amino-alcohol motifs (C(OH)–C–C–N with tert-alkyl or cyclic N) is 1. The summed E-state index contributed by atoms with van der Waals surface area (Å²) >= 11 is 0. The number of ether oxygens (including phenoxy) is 1. The molecule has 3 heteroatoms. The lowest BCUT2D eigenvalue weighted by Gasteiger charge is -2.29. The summed E-state index contributed by atoms with van der Waals surface area (Å²) in [5, 5.41) is 10.2. The van der Waals surface area contributed by atoms with Crippen molar-refractivity contribution < 1.29 is 9.84 Å². The van der Waals surface area contributed by atoms with Gasteiger partial charge in [-0.25, -0.2) is 0 Å². The molecule has 3 rings (SSSR count). The normalized spacial score (nSPS) is 24.4. The summed E-state index contributed by atoms with van der Waals surface area (Å²) in [5.41, 5.74) is 2.26. The van der Waals surface area contributed by atoms with E-state index >= 15 is 0 Å². The third-order valence-corrected chi connectivity index (χ3v) is 4.61. The number of fused-ring (bicyclic) bond motifs is 1. The molecule has 0 saturated heterocycles. The van der Waals surface area contributed by atoms with Crippen LogP contribution >= 0.6 is 0 Å². The lowest BCUT2D eigenvalue weighted by Crippen LogP contribution is -2.30. The first-order valence-corrected chi connectivity index (χ1v) is 7.84. The van der Waals surface area contributed by atoms with Crippen LogP contribution in [0.1, 0.15) is 49.3 Å². The summed E-state index contributed by atoms with van der Waals surface area (Å²) in [5.74, 6) is 1.63. The van der Waals surface area contributed by atoms with E-state index in [-0.39, 0.29) is 6.10 Å². The van der Waals surface area contributed by atoms with Crippen molar-refractivity contribution in [2.45, 2.75) is 44.8 Å². The number of likely N-dealkylation sites (N-methyl/N-ethyl adjacent to an activating group) is 1. The minimum atomic E-state index is -0.387. The highest BCUT2D eigenvalue weighted by Crippen LogP contribution is 2.30. The zero-order chi connectivity index (χ0) is 13.9. The zero-order valence-electron chi connectivity index (χ0n) is 12.3. The Morgan fingerprint density at radius 1 is 1.25 bits per heavy atom. The Kier molecular flexibility index (Phi) is 4.27. The van der Waals surface area contributed by atoms with Gasteiger partial charge in [0.15, 0.2) is 0 Å². The van der Waals surface area contributed by atoms with Crippen molar-refractivity contribution in [3.8, 4) is 5.75 Å². The maximum Gasteiger partial charge on any atom is 0.119 e. The van der Waals surface area contributed by atoms with Gasteiger partial charge in [0.2, 0.25) is 0 Å². The fraction of sp³-hybridized carbons (Fsp3) is 0.647. The quantitative estimate of drug-likeness (QED) is 0.920. The lowest BCUT2D eigenvalue weighted by atomic mass is 9.90. The van der Waals surface area contributed by atoms with Crippen molar-refractivity contribution in [2.24, 2.45) is 5.92 Å². The van der Waals surface area contributed by atoms with E-state index in [0.717, 1.165) is 30.4 Å². The van der Waals surface area contributed by atoms with E-state index in [0.29, 0.717) is 6.54 Å². The van der Waals surface area contributed by atoms with Crippen LogP contribution in [0.25, 0.3) is 0 Å². The lowest BCUT2D eigenvalue weighted by molar-refractivity contribution is 0.107. The minimum Gasteiger partial charge on any atom is -0.493 e. The van der Waals surface area contributed by atoms with Gasteiger partial charge in [-0.15, -0.1) is 0 Å². The van der Waals surface area contributed by atoms with E-state index in [9.17, 15) is 5.11 Å². The molecule has 20 heavy (non-hydrogen) atoms. The molecule has 0 radical (unpaired) electrons. The van der Waals surface area contributed by atoms with Crippen LogP contribution in [0.2, 0.25) is 0 Å². The van der Waals surface area contributed by atoms with Crippen LogP contribution < -0.4 is 4.74 Å². The molecule has 1 N–H and O–H groups in total. The van der Waals surface area contributed by atoms with Crippen molar-refractivity contribution in [1.29, 1.82) is 0 Å². The largest absolute Gasteiger partial charge is 0.493 e. The number of rotatable bonds is 3. The van der Waals surface area contributed by atoms with E-state index in [1.807, 2.05) is 19.2 Å². The highest BCUT2D eigenvalue weighted by Gasteiger charge is 2.22. The molecule has 1 heterocycles. The molecule has 1 aromatic rings. The first kappa shape index (κ1) is 13.9. The molecule has 3 nitrogen and oxygen atoms in total. The topological polar surface area (TPSA) is 32.7 Å². The number of aliphatic hydroxyl groups excluding tert-OH is 1. The second-order valence-corrected chi connectivity index (χ2v) is 6.39. The van der Waals surface area contributed by atoms with Gasteiger partial charge < -0.3 is 9.84 Å². The van der Waals surface area contributed by atoms with E-state index in [2.05, 4.69) is 11.0 Å². The molecule has 0 spiro atoms. The molecule has 0 unspecified atom stereocenters. The average molecular weight is 275 g/mol. The Hall–Kier alpha value is -1.06. The van der Waals surface area contributed by atoms with Gasteiger partial charge in [0, 0.05) is 13.1 Å². The summed E-state index contributed by atoms with van der Waals surface area (Å²) in [6, 6.07) is 6.19. The Morgan fingerprint density at radius 2 is 2.05 bits per heavy atom. The van der Waals surface area contributed by atoms with Gasteiger partial charge in [-0.3, -0.25) is 4.90 Å². The standard InChI is InChI=1S/C17H25NO2/c1-18-10-14-7-8-15(9-16(14)17(19)11-18)20-12-13-5-3-2-4-6-13/h7-9,13,17,19H,2-6,10-12H2,1H3/t17-/m0/s1. The average Bonchev–Trinajstić information content (AvgIpc) is 2.46. The number of hydrogen-bond acceptors (Lipinski definition) is 3. The smallest absolute Gasteiger partial charge is 0.119 e. The van der Waals surface area contributed by atoms with E-state index < -0.39 is 0 Å². The number of nitrogens with zero attached hydrogens (tertiary/aromatic N) is 1. The van der Waals surface area contributed by atoms with Crippen LogP contribution in [0.15, 0.2) is 18.2 Å². The number of aliphatic hydroxyl groups is 1. The summed E-state index contributed by atoms with van der Waals surface area (Å²) in [4.78, 5) is 2.15. The first-order chi connectivity index (χ1) is 9.72. The van der Waals surface area contributed by atoms with Crippen LogP contribution in [0.3, 0.4) is 0 Å². The highest BCUT2D eigenvalue weighted by molar-refractivity contribution is 5.38. The molecule has 110 valence electrons. The van der Waals surface area contributed by atoms with E-state index in [4.69, 9.17) is 4.74 Å². The SMILES string of the molecule is CN1Cc2ccc(OCC3CCCCC3)cc2[C@@H](O)C1. The molecule has 1 fully saturated rings. The van der Waals surface area contributed by atoms with Gasteiger partial charge in [0.05, 0.1) is 12.7 Å². The minimum absolute atomic E-state index is 0.387. The second kappa shape index (κ2) is 6.15. The Bertz CT molecular complexity index is 454. The van der Waals surface area contributed by atoms with Crippen LogP contribution in [0.4, 0.5) is 0 Å². The molecule has 1 saturated carbocycles. The molecule has 1 atom stereocenters. The Balaban J connectivity index is 1.64. The van der Waals surface area contributed by atoms with Crippen LogP contribution in [0.5, 0.6) is 5.75 Å². The summed E-state index contributed by atoms with van der Waals surface area (Å²) in [6.45, 7) is 2.45. The molecule has 0 aromatic heterocycles. The first-order valence-electron chi connectivity index (χ1n) is 7.84. The molecular weight excluding hydrogens is 250 g/mol. The molecule has 1 aliphatic carbocycles. The third-order valence-electron chi connectivity index (χ3n) is 4.61. The van der Waals surface area contributed by atoms with Gasteiger partial charge in [0.25, 0.3) is 0 Å². The summed E-state index contributed by atoms with van der Waals surface area (Å²) in [7, 11) is 2.04. The number of hydrogen-bond donors (Lipinski definition) is 1. The van der Waals surface area contributed by atoms with Crippen molar-refractivity contribution in [2.75, 3.05) is 20.2 Å². The van der Waals surface area contributed by atoms with Crippen LogP contribution in [-0.2, 0) is 6.54 Å². The van der Waals surface area contributed by atoms with Crippen molar-refractivity contribution in [1.82, 2.24) is 4.90 Å². The maximum absolute atomic E-state index is 10.2. The molecule has 2 aliphatic rings. The predicted molar refractivity (Wildman–Crippen MR) is 79.8 cm³/mol. The highest BCUT2D eigenvalue weighted by atomic mass is 16.5. The fourth-order valence-electron chi connectivity index (χ4n) is 3.43. The summed E-state index contributed by atoms with van der Waals surface area (Å²) < 4.78 is 5.96. The number of benzene rings is 1. The molecule has 1 aliphatic heterocycles. The maximum atomic E-state index is 10.2.